The molecule has 0 bridgehead atoms. The minimum atomic E-state index is 0. The van der Waals surface area contributed by atoms with Crippen LogP contribution >= 0.6 is 24.8 Å². The summed E-state index contributed by atoms with van der Waals surface area (Å²) in [5, 5.41) is 3.12. The number of rotatable bonds is 6. The van der Waals surface area contributed by atoms with E-state index in [1.807, 2.05) is 21.0 Å². The first kappa shape index (κ1) is 24.2. The zero-order valence-electron chi connectivity index (χ0n) is 15.6. The number of hydrogen-bond donors (Lipinski definition) is 2. The fourth-order valence-electron chi connectivity index (χ4n) is 3.56. The van der Waals surface area contributed by atoms with Crippen LogP contribution in [0.3, 0.4) is 0 Å². The minimum Gasteiger partial charge on any atom is -0.330 e. The molecule has 6 heteroatoms. The molecule has 3 N–H and O–H groups in total. The van der Waals surface area contributed by atoms with Crippen molar-refractivity contribution in [3.8, 4) is 0 Å². The lowest BCUT2D eigenvalue weighted by Gasteiger charge is -2.35. The van der Waals surface area contributed by atoms with E-state index in [9.17, 15) is 4.79 Å². The minimum absolute atomic E-state index is 0. The van der Waals surface area contributed by atoms with Gasteiger partial charge in [-0.05, 0) is 63.0 Å². The maximum absolute atomic E-state index is 12.6. The van der Waals surface area contributed by atoms with Crippen molar-refractivity contribution in [1.29, 1.82) is 0 Å². The van der Waals surface area contributed by atoms with E-state index in [1.54, 1.807) is 0 Å². The van der Waals surface area contributed by atoms with Crippen molar-refractivity contribution in [3.63, 3.8) is 0 Å². The highest BCUT2D eigenvalue weighted by Crippen LogP contribution is 2.38. The number of halogens is 2. The molecular weight excluding hydrogens is 357 g/mol. The van der Waals surface area contributed by atoms with Crippen molar-refractivity contribution < 1.29 is 4.79 Å². The number of carbonyl (C=O) groups excluding carboxylic acids is 1. The monoisotopic (exact) mass is 389 g/mol. The molecule has 144 valence electrons. The summed E-state index contributed by atoms with van der Waals surface area (Å²) in [7, 11) is 4.10. The summed E-state index contributed by atoms with van der Waals surface area (Å²) in [5.74, 6) is 0.0995. The maximum Gasteiger partial charge on any atom is 0.224 e. The first-order valence-corrected chi connectivity index (χ1v) is 8.68. The van der Waals surface area contributed by atoms with Crippen LogP contribution in [0.5, 0.6) is 0 Å². The Kier molecular flexibility index (Phi) is 10.7. The van der Waals surface area contributed by atoms with E-state index in [1.165, 1.54) is 24.8 Å². The molecule has 4 nitrogen and oxygen atoms in total. The molecule has 1 amide bonds. The lowest BCUT2D eigenvalue weighted by Crippen LogP contribution is -2.36. The zero-order chi connectivity index (χ0) is 16.9. The third-order valence-electron chi connectivity index (χ3n) is 4.96. The van der Waals surface area contributed by atoms with E-state index in [2.05, 4.69) is 28.4 Å². The van der Waals surface area contributed by atoms with Crippen molar-refractivity contribution in [2.24, 2.45) is 11.1 Å². The van der Waals surface area contributed by atoms with Gasteiger partial charge in [0, 0.05) is 18.7 Å². The molecule has 1 saturated carbocycles. The first-order valence-electron chi connectivity index (χ1n) is 8.68. The highest BCUT2D eigenvalue weighted by atomic mass is 35.5. The molecule has 0 spiro atoms. The Hall–Kier alpha value is -0.810. The van der Waals surface area contributed by atoms with Crippen molar-refractivity contribution in [3.05, 3.63) is 29.3 Å². The van der Waals surface area contributed by atoms with Gasteiger partial charge in [-0.1, -0.05) is 31.4 Å². The van der Waals surface area contributed by atoms with Gasteiger partial charge in [0.1, 0.15) is 0 Å². The summed E-state index contributed by atoms with van der Waals surface area (Å²) in [4.78, 5) is 14.7. The predicted molar refractivity (Wildman–Crippen MR) is 111 cm³/mol. The van der Waals surface area contributed by atoms with Crippen LogP contribution in [0.4, 0.5) is 5.69 Å². The van der Waals surface area contributed by atoms with E-state index in [0.29, 0.717) is 13.0 Å². The highest BCUT2D eigenvalue weighted by molar-refractivity contribution is 5.92. The molecular formula is C19H33Cl2N3O. The summed E-state index contributed by atoms with van der Waals surface area (Å²) in [6.07, 6.45) is 6.37. The van der Waals surface area contributed by atoms with Crippen LogP contribution in [-0.4, -0.2) is 31.4 Å². The quantitative estimate of drug-likeness (QED) is 0.768. The number of carbonyl (C=O) groups is 1. The SMILES string of the molecule is Cc1ccc(CN(C)C)cc1NC(=O)CC1(CN)CCCCC1.Cl.Cl. The van der Waals surface area contributed by atoms with E-state index in [-0.39, 0.29) is 36.1 Å². The Balaban J connectivity index is 0.00000288. The summed E-state index contributed by atoms with van der Waals surface area (Å²) in [5.41, 5.74) is 9.26. The molecule has 0 heterocycles. The predicted octanol–water partition coefficient (Wildman–Crippen LogP) is 4.14. The van der Waals surface area contributed by atoms with Crippen LogP contribution in [0, 0.1) is 12.3 Å². The molecule has 2 rings (SSSR count). The van der Waals surface area contributed by atoms with Gasteiger partial charge in [-0.3, -0.25) is 4.79 Å². The zero-order valence-corrected chi connectivity index (χ0v) is 17.3. The number of anilines is 1. The van der Waals surface area contributed by atoms with Gasteiger partial charge in [0.15, 0.2) is 0 Å². The Bertz CT molecular complexity index is 543. The van der Waals surface area contributed by atoms with Crippen LogP contribution in [0.25, 0.3) is 0 Å². The molecule has 1 aliphatic rings. The van der Waals surface area contributed by atoms with Crippen molar-refractivity contribution in [2.45, 2.75) is 52.0 Å². The van der Waals surface area contributed by atoms with E-state index in [4.69, 9.17) is 5.73 Å². The number of nitrogens with zero attached hydrogens (tertiary/aromatic N) is 1. The topological polar surface area (TPSA) is 58.4 Å². The number of nitrogens with two attached hydrogens (primary N) is 1. The van der Waals surface area contributed by atoms with Gasteiger partial charge in [0.25, 0.3) is 0 Å². The summed E-state index contributed by atoms with van der Waals surface area (Å²) >= 11 is 0. The molecule has 1 fully saturated rings. The average Bonchev–Trinajstić information content (AvgIpc) is 2.51. The van der Waals surface area contributed by atoms with Gasteiger partial charge in [0.05, 0.1) is 0 Å². The Morgan fingerprint density at radius 1 is 1.20 bits per heavy atom. The molecule has 25 heavy (non-hydrogen) atoms. The summed E-state index contributed by atoms with van der Waals surface area (Å²) < 4.78 is 0. The second-order valence-electron chi connectivity index (χ2n) is 7.38. The number of aryl methyl sites for hydroxylation is 1. The second-order valence-corrected chi connectivity index (χ2v) is 7.38. The molecule has 0 saturated heterocycles. The number of amides is 1. The Labute approximate surface area is 164 Å². The average molecular weight is 390 g/mol. The Morgan fingerprint density at radius 3 is 2.40 bits per heavy atom. The van der Waals surface area contributed by atoms with Crippen molar-refractivity contribution in [2.75, 3.05) is 26.0 Å². The molecule has 1 aromatic rings. The number of nitrogens with one attached hydrogen (secondary N) is 1. The van der Waals surface area contributed by atoms with E-state index < -0.39 is 0 Å². The smallest absolute Gasteiger partial charge is 0.224 e. The molecule has 1 aliphatic carbocycles. The first-order chi connectivity index (χ1) is 10.9. The van der Waals surface area contributed by atoms with Gasteiger partial charge in [-0.2, -0.15) is 0 Å². The third kappa shape index (κ3) is 7.14. The van der Waals surface area contributed by atoms with Gasteiger partial charge in [-0.15, -0.1) is 24.8 Å². The second kappa shape index (κ2) is 11.0. The molecule has 0 aliphatic heterocycles. The normalized spacial score (nSPS) is 15.9. The number of benzene rings is 1. The molecule has 0 unspecified atom stereocenters. The van der Waals surface area contributed by atoms with Gasteiger partial charge in [-0.25, -0.2) is 0 Å². The van der Waals surface area contributed by atoms with E-state index >= 15 is 0 Å². The van der Waals surface area contributed by atoms with Crippen LogP contribution in [0.15, 0.2) is 18.2 Å². The van der Waals surface area contributed by atoms with Gasteiger partial charge >= 0.3 is 0 Å². The van der Waals surface area contributed by atoms with Crippen LogP contribution in [0.1, 0.15) is 49.7 Å². The standard InChI is InChI=1S/C19H31N3O.2ClH/c1-15-7-8-16(13-22(2)3)11-17(15)21-18(23)12-19(14-20)9-5-4-6-10-19;;/h7-8,11H,4-6,9-10,12-14,20H2,1-3H3,(H,21,23);2*1H. The lowest BCUT2D eigenvalue weighted by atomic mass is 9.71. The molecule has 0 radical (unpaired) electrons. The van der Waals surface area contributed by atoms with Crippen molar-refractivity contribution >= 4 is 36.4 Å². The highest BCUT2D eigenvalue weighted by Gasteiger charge is 2.33. The Morgan fingerprint density at radius 2 is 1.84 bits per heavy atom. The van der Waals surface area contributed by atoms with Crippen LogP contribution in [0.2, 0.25) is 0 Å². The fourth-order valence-corrected chi connectivity index (χ4v) is 3.56. The fraction of sp³-hybridized carbons (Fsp3) is 0.632. The summed E-state index contributed by atoms with van der Waals surface area (Å²) in [6, 6.07) is 6.28. The summed E-state index contributed by atoms with van der Waals surface area (Å²) in [6.45, 7) is 3.52. The molecule has 1 aromatic carbocycles. The lowest BCUT2D eigenvalue weighted by molar-refractivity contribution is -0.118. The third-order valence-corrected chi connectivity index (χ3v) is 4.96. The largest absolute Gasteiger partial charge is 0.330 e. The van der Waals surface area contributed by atoms with Gasteiger partial charge < -0.3 is 16.0 Å². The number of hydrogen-bond acceptors (Lipinski definition) is 3. The van der Waals surface area contributed by atoms with Crippen LogP contribution in [-0.2, 0) is 11.3 Å². The van der Waals surface area contributed by atoms with E-state index in [0.717, 1.165) is 30.6 Å². The van der Waals surface area contributed by atoms with Crippen molar-refractivity contribution in [1.82, 2.24) is 4.90 Å². The maximum atomic E-state index is 12.6. The molecule has 0 atom stereocenters. The van der Waals surface area contributed by atoms with Gasteiger partial charge in [0.2, 0.25) is 5.91 Å². The molecule has 0 aromatic heterocycles. The van der Waals surface area contributed by atoms with Crippen LogP contribution < -0.4 is 11.1 Å².